The molecule has 33 heavy (non-hydrogen) atoms. The molecule has 2 aromatic carbocycles. The molecule has 6 nitrogen and oxygen atoms in total. The molecule has 0 saturated carbocycles. The number of hydrogen-bond acceptors (Lipinski definition) is 5. The lowest BCUT2D eigenvalue weighted by atomic mass is 10.0. The summed E-state index contributed by atoms with van der Waals surface area (Å²) in [5, 5.41) is 12.3. The number of amides is 1. The molecule has 0 unspecified atom stereocenters. The molecule has 4 aromatic rings. The van der Waals surface area contributed by atoms with Crippen LogP contribution in [0.5, 0.6) is 0 Å². The highest BCUT2D eigenvalue weighted by molar-refractivity contribution is 7.99. The smallest absolute Gasteiger partial charge is 0.230 e. The van der Waals surface area contributed by atoms with Crippen LogP contribution in [0, 0.1) is 0 Å². The molecule has 0 aliphatic rings. The minimum atomic E-state index is -0.0207. The van der Waals surface area contributed by atoms with Crippen molar-refractivity contribution in [2.75, 3.05) is 12.3 Å². The summed E-state index contributed by atoms with van der Waals surface area (Å²) in [6, 6.07) is 22.4. The maximum atomic E-state index is 12.4. The summed E-state index contributed by atoms with van der Waals surface area (Å²) in [6.07, 6.45) is 2.43. The molecule has 0 fully saturated rings. The Hall–Kier alpha value is -3.32. The second-order valence-electron chi connectivity index (χ2n) is 8.14. The predicted molar refractivity (Wildman–Crippen MR) is 131 cm³/mol. The zero-order valence-corrected chi connectivity index (χ0v) is 19.7. The SMILES string of the molecule is CC(C)c1ccc(CCNC(=O)CSc2nnc(-c3ccco3)n2Cc2ccccc2)cc1. The highest BCUT2D eigenvalue weighted by Crippen LogP contribution is 2.25. The van der Waals surface area contributed by atoms with Gasteiger partial charge in [-0.3, -0.25) is 9.36 Å². The molecule has 0 aliphatic heterocycles. The quantitative estimate of drug-likeness (QED) is 0.331. The second-order valence-corrected chi connectivity index (χ2v) is 9.08. The highest BCUT2D eigenvalue weighted by Gasteiger charge is 2.17. The first kappa shape index (κ1) is 22.9. The fourth-order valence-electron chi connectivity index (χ4n) is 3.49. The first-order valence-corrected chi connectivity index (χ1v) is 12.1. The fraction of sp³-hybridized carbons (Fsp3) is 0.269. The lowest BCUT2D eigenvalue weighted by molar-refractivity contribution is -0.118. The number of aromatic nitrogens is 3. The van der Waals surface area contributed by atoms with E-state index in [-0.39, 0.29) is 11.7 Å². The Kier molecular flexibility index (Phi) is 7.62. The number of carbonyl (C=O) groups excluding carboxylic acids is 1. The van der Waals surface area contributed by atoms with Crippen molar-refractivity contribution in [3.05, 3.63) is 89.7 Å². The van der Waals surface area contributed by atoms with Crippen LogP contribution in [0.15, 0.2) is 82.6 Å². The number of thioether (sulfide) groups is 1. The van der Waals surface area contributed by atoms with Crippen LogP contribution < -0.4 is 5.32 Å². The number of benzene rings is 2. The van der Waals surface area contributed by atoms with Gasteiger partial charge in [0.25, 0.3) is 0 Å². The van der Waals surface area contributed by atoms with Crippen LogP contribution in [0.2, 0.25) is 0 Å². The van der Waals surface area contributed by atoms with E-state index in [1.807, 2.05) is 34.9 Å². The molecule has 0 saturated heterocycles. The van der Waals surface area contributed by atoms with Gasteiger partial charge in [-0.15, -0.1) is 10.2 Å². The zero-order chi connectivity index (χ0) is 23.0. The van der Waals surface area contributed by atoms with Gasteiger partial charge in [0.15, 0.2) is 10.9 Å². The summed E-state index contributed by atoms with van der Waals surface area (Å²) in [4.78, 5) is 12.4. The largest absolute Gasteiger partial charge is 0.461 e. The summed E-state index contributed by atoms with van der Waals surface area (Å²) in [5.74, 6) is 2.08. The van der Waals surface area contributed by atoms with Crippen LogP contribution in [0.25, 0.3) is 11.6 Å². The molecule has 0 bridgehead atoms. The molecule has 2 heterocycles. The Morgan fingerprint density at radius 1 is 1.00 bits per heavy atom. The maximum Gasteiger partial charge on any atom is 0.230 e. The minimum absolute atomic E-state index is 0.0207. The number of furan rings is 1. The topological polar surface area (TPSA) is 73.0 Å². The average Bonchev–Trinajstić information content (AvgIpc) is 3.49. The van der Waals surface area contributed by atoms with Crippen molar-refractivity contribution in [3.8, 4) is 11.6 Å². The van der Waals surface area contributed by atoms with Crippen molar-refractivity contribution in [3.63, 3.8) is 0 Å². The minimum Gasteiger partial charge on any atom is -0.461 e. The van der Waals surface area contributed by atoms with Crippen molar-refractivity contribution < 1.29 is 9.21 Å². The average molecular weight is 461 g/mol. The number of hydrogen-bond donors (Lipinski definition) is 1. The van der Waals surface area contributed by atoms with E-state index in [4.69, 9.17) is 4.42 Å². The molecular weight excluding hydrogens is 432 g/mol. The molecule has 7 heteroatoms. The Morgan fingerprint density at radius 2 is 1.79 bits per heavy atom. The summed E-state index contributed by atoms with van der Waals surface area (Å²) >= 11 is 1.38. The van der Waals surface area contributed by atoms with Crippen molar-refractivity contribution in [2.45, 2.75) is 37.9 Å². The van der Waals surface area contributed by atoms with Crippen LogP contribution in [0.3, 0.4) is 0 Å². The van der Waals surface area contributed by atoms with Crippen molar-refractivity contribution in [2.24, 2.45) is 0 Å². The van der Waals surface area contributed by atoms with Gasteiger partial charge in [0.05, 0.1) is 18.6 Å². The van der Waals surface area contributed by atoms with Crippen molar-refractivity contribution in [1.82, 2.24) is 20.1 Å². The van der Waals surface area contributed by atoms with Crippen molar-refractivity contribution >= 4 is 17.7 Å². The van der Waals surface area contributed by atoms with E-state index >= 15 is 0 Å². The molecule has 0 spiro atoms. The molecule has 0 atom stereocenters. The predicted octanol–water partition coefficient (Wildman–Crippen LogP) is 5.16. The van der Waals surface area contributed by atoms with Gasteiger partial charge in [0.2, 0.25) is 11.7 Å². The molecule has 1 amide bonds. The Labute approximate surface area is 198 Å². The normalized spacial score (nSPS) is 11.1. The van der Waals surface area contributed by atoms with E-state index in [9.17, 15) is 4.79 Å². The van der Waals surface area contributed by atoms with Crippen LogP contribution in [0.4, 0.5) is 0 Å². The van der Waals surface area contributed by atoms with Gasteiger partial charge < -0.3 is 9.73 Å². The van der Waals surface area contributed by atoms with Crippen molar-refractivity contribution in [1.29, 1.82) is 0 Å². The summed E-state index contributed by atoms with van der Waals surface area (Å²) in [5.41, 5.74) is 3.67. The Morgan fingerprint density at radius 3 is 2.48 bits per heavy atom. The van der Waals surface area contributed by atoms with E-state index in [2.05, 4.69) is 65.8 Å². The lowest BCUT2D eigenvalue weighted by Gasteiger charge is -2.10. The second kappa shape index (κ2) is 11.0. The summed E-state index contributed by atoms with van der Waals surface area (Å²) in [6.45, 7) is 5.57. The highest BCUT2D eigenvalue weighted by atomic mass is 32.2. The number of carbonyl (C=O) groups is 1. The third-order valence-corrected chi connectivity index (χ3v) is 6.32. The number of nitrogens with zero attached hydrogens (tertiary/aromatic N) is 3. The van der Waals surface area contributed by atoms with Gasteiger partial charge in [0, 0.05) is 6.54 Å². The van der Waals surface area contributed by atoms with Gasteiger partial charge in [-0.05, 0) is 41.2 Å². The third-order valence-electron chi connectivity index (χ3n) is 5.36. The standard InChI is InChI=1S/C26H28N4O2S/c1-19(2)22-12-10-20(11-13-22)14-15-27-24(31)18-33-26-29-28-25(23-9-6-16-32-23)30(26)17-21-7-4-3-5-8-21/h3-13,16,19H,14-15,17-18H2,1-2H3,(H,27,31). The number of nitrogens with one attached hydrogen (secondary N) is 1. The third kappa shape index (κ3) is 6.14. The molecular formula is C26H28N4O2S. The van der Waals surface area contributed by atoms with E-state index in [1.54, 1.807) is 6.26 Å². The monoisotopic (exact) mass is 460 g/mol. The van der Waals surface area contributed by atoms with E-state index < -0.39 is 0 Å². The fourth-order valence-corrected chi connectivity index (χ4v) is 4.26. The molecule has 1 N–H and O–H groups in total. The van der Waals surface area contributed by atoms with Crippen LogP contribution in [0.1, 0.15) is 36.5 Å². The maximum absolute atomic E-state index is 12.4. The Bertz CT molecular complexity index is 1150. The zero-order valence-electron chi connectivity index (χ0n) is 18.9. The van der Waals surface area contributed by atoms with Gasteiger partial charge in [0.1, 0.15) is 0 Å². The molecule has 2 aromatic heterocycles. The summed E-state index contributed by atoms with van der Waals surface area (Å²) < 4.78 is 7.53. The van der Waals surface area contributed by atoms with E-state index in [0.717, 1.165) is 12.0 Å². The molecule has 0 radical (unpaired) electrons. The van der Waals surface area contributed by atoms with Crippen LogP contribution >= 0.6 is 11.8 Å². The van der Waals surface area contributed by atoms with Gasteiger partial charge in [-0.1, -0.05) is 80.2 Å². The summed E-state index contributed by atoms with van der Waals surface area (Å²) in [7, 11) is 0. The number of rotatable bonds is 10. The molecule has 0 aliphatic carbocycles. The van der Waals surface area contributed by atoms with Crippen LogP contribution in [-0.2, 0) is 17.8 Å². The lowest BCUT2D eigenvalue weighted by Crippen LogP contribution is -2.27. The first-order chi connectivity index (χ1) is 16.1. The van der Waals surface area contributed by atoms with Gasteiger partial charge >= 0.3 is 0 Å². The van der Waals surface area contributed by atoms with E-state index in [0.29, 0.717) is 35.7 Å². The van der Waals surface area contributed by atoms with Crippen LogP contribution in [-0.4, -0.2) is 33.0 Å². The van der Waals surface area contributed by atoms with Gasteiger partial charge in [-0.25, -0.2) is 0 Å². The van der Waals surface area contributed by atoms with Gasteiger partial charge in [-0.2, -0.15) is 0 Å². The molecule has 4 rings (SSSR count). The first-order valence-electron chi connectivity index (χ1n) is 11.1. The molecule has 170 valence electrons. The van der Waals surface area contributed by atoms with E-state index in [1.165, 1.54) is 22.9 Å². The Balaban J connectivity index is 1.35.